The molecule has 0 aromatic rings. The molecular weight excluding hydrogens is 222 g/mol. The molecule has 0 spiro atoms. The molecule has 0 radical (unpaired) electrons. The summed E-state index contributed by atoms with van der Waals surface area (Å²) in [5.74, 6) is 0.940. The fourth-order valence-electron chi connectivity index (χ4n) is 3.92. The second kappa shape index (κ2) is 5.13. The molecule has 1 N–H and O–H groups in total. The maximum atomic E-state index is 6.18. The van der Waals surface area contributed by atoms with Crippen LogP contribution in [0.15, 0.2) is 0 Å². The van der Waals surface area contributed by atoms with Crippen LogP contribution >= 0.6 is 0 Å². The van der Waals surface area contributed by atoms with Crippen LogP contribution in [0.25, 0.3) is 0 Å². The lowest BCUT2D eigenvalue weighted by Crippen LogP contribution is -2.49. The van der Waals surface area contributed by atoms with Gasteiger partial charge >= 0.3 is 0 Å². The lowest BCUT2D eigenvalue weighted by molar-refractivity contribution is -0.0708. The third-order valence-corrected chi connectivity index (χ3v) is 4.87. The van der Waals surface area contributed by atoms with Gasteiger partial charge in [-0.3, -0.25) is 0 Å². The minimum absolute atomic E-state index is 0.0251. The van der Waals surface area contributed by atoms with Crippen LogP contribution in [0.3, 0.4) is 0 Å². The SMILES string of the molecule is CCC1CCCC(NC2CC(C)(C)OC2(C)C)C1. The Bertz CT molecular complexity index is 285. The van der Waals surface area contributed by atoms with Gasteiger partial charge in [-0.1, -0.05) is 26.2 Å². The maximum Gasteiger partial charge on any atom is 0.0787 e. The van der Waals surface area contributed by atoms with E-state index in [9.17, 15) is 0 Å². The number of nitrogens with one attached hydrogen (secondary N) is 1. The zero-order valence-corrected chi connectivity index (χ0v) is 12.9. The van der Waals surface area contributed by atoms with Crippen molar-refractivity contribution < 1.29 is 4.74 Å². The van der Waals surface area contributed by atoms with E-state index in [1.54, 1.807) is 0 Å². The van der Waals surface area contributed by atoms with E-state index in [1.165, 1.54) is 32.1 Å². The Morgan fingerprint density at radius 3 is 2.44 bits per heavy atom. The number of ether oxygens (including phenoxy) is 1. The normalized spacial score (nSPS) is 38.8. The Labute approximate surface area is 113 Å². The fourth-order valence-corrected chi connectivity index (χ4v) is 3.92. The van der Waals surface area contributed by atoms with Gasteiger partial charge in [0, 0.05) is 12.1 Å². The van der Waals surface area contributed by atoms with Crippen molar-refractivity contribution in [3.05, 3.63) is 0 Å². The second-order valence-electron chi connectivity index (χ2n) is 7.53. The van der Waals surface area contributed by atoms with Gasteiger partial charge in [-0.25, -0.2) is 0 Å². The summed E-state index contributed by atoms with van der Waals surface area (Å²) in [5.41, 5.74) is 0.00263. The molecule has 106 valence electrons. The van der Waals surface area contributed by atoms with E-state index in [1.807, 2.05) is 0 Å². The van der Waals surface area contributed by atoms with Crippen molar-refractivity contribution in [2.75, 3.05) is 0 Å². The van der Waals surface area contributed by atoms with E-state index in [0.29, 0.717) is 12.1 Å². The zero-order chi connectivity index (χ0) is 13.4. The van der Waals surface area contributed by atoms with Gasteiger partial charge in [0.25, 0.3) is 0 Å². The zero-order valence-electron chi connectivity index (χ0n) is 12.9. The van der Waals surface area contributed by atoms with Crippen LogP contribution in [-0.4, -0.2) is 23.3 Å². The summed E-state index contributed by atoms with van der Waals surface area (Å²) in [5, 5.41) is 3.90. The number of hydrogen-bond acceptors (Lipinski definition) is 2. The highest BCUT2D eigenvalue weighted by atomic mass is 16.5. The summed E-state index contributed by atoms with van der Waals surface area (Å²) < 4.78 is 6.18. The molecule has 0 amide bonds. The van der Waals surface area contributed by atoms with E-state index in [2.05, 4.69) is 39.9 Å². The third-order valence-electron chi connectivity index (χ3n) is 4.87. The standard InChI is InChI=1S/C16H31NO/c1-6-12-8-7-9-13(10-12)17-14-11-15(2,3)18-16(14,4)5/h12-14,17H,6-11H2,1-5H3. The van der Waals surface area contributed by atoms with Gasteiger partial charge in [-0.2, -0.15) is 0 Å². The first kappa shape index (κ1) is 14.3. The predicted octanol–water partition coefficient (Wildman–Crippen LogP) is 3.89. The molecule has 0 bridgehead atoms. The van der Waals surface area contributed by atoms with Crippen molar-refractivity contribution in [2.24, 2.45) is 5.92 Å². The summed E-state index contributed by atoms with van der Waals surface area (Å²) >= 11 is 0. The fraction of sp³-hybridized carbons (Fsp3) is 1.00. The largest absolute Gasteiger partial charge is 0.368 e. The monoisotopic (exact) mass is 253 g/mol. The molecule has 1 heterocycles. The first-order valence-corrected chi connectivity index (χ1v) is 7.78. The Hall–Kier alpha value is -0.0800. The minimum atomic E-state index is -0.0251. The van der Waals surface area contributed by atoms with Crippen molar-refractivity contribution in [3.63, 3.8) is 0 Å². The minimum Gasteiger partial charge on any atom is -0.368 e. The average Bonchev–Trinajstić information content (AvgIpc) is 2.47. The van der Waals surface area contributed by atoms with Crippen LogP contribution in [-0.2, 0) is 4.74 Å². The van der Waals surface area contributed by atoms with E-state index in [0.717, 1.165) is 12.3 Å². The van der Waals surface area contributed by atoms with Gasteiger partial charge in [-0.05, 0) is 52.9 Å². The average molecular weight is 253 g/mol. The highest BCUT2D eigenvalue weighted by Crippen LogP contribution is 2.38. The molecule has 2 aliphatic rings. The smallest absolute Gasteiger partial charge is 0.0787 e. The van der Waals surface area contributed by atoms with Gasteiger partial charge in [0.1, 0.15) is 0 Å². The lowest BCUT2D eigenvalue weighted by Gasteiger charge is -2.35. The summed E-state index contributed by atoms with van der Waals surface area (Å²) in [6, 6.07) is 1.22. The van der Waals surface area contributed by atoms with Gasteiger partial charge in [-0.15, -0.1) is 0 Å². The summed E-state index contributed by atoms with van der Waals surface area (Å²) in [6.07, 6.45) is 8.02. The quantitative estimate of drug-likeness (QED) is 0.824. The van der Waals surface area contributed by atoms with E-state index in [4.69, 9.17) is 4.74 Å². The molecule has 1 saturated carbocycles. The van der Waals surface area contributed by atoms with E-state index in [-0.39, 0.29) is 11.2 Å². The topological polar surface area (TPSA) is 21.3 Å². The first-order valence-electron chi connectivity index (χ1n) is 7.78. The summed E-state index contributed by atoms with van der Waals surface area (Å²) in [4.78, 5) is 0. The van der Waals surface area contributed by atoms with Crippen molar-refractivity contribution in [1.29, 1.82) is 0 Å². The third kappa shape index (κ3) is 3.27. The predicted molar refractivity (Wildman–Crippen MR) is 76.8 cm³/mol. The van der Waals surface area contributed by atoms with Crippen LogP contribution in [0.2, 0.25) is 0 Å². The maximum absolute atomic E-state index is 6.18. The van der Waals surface area contributed by atoms with E-state index >= 15 is 0 Å². The van der Waals surface area contributed by atoms with Crippen molar-refractivity contribution in [2.45, 2.75) is 96.4 Å². The molecule has 1 aliphatic carbocycles. The van der Waals surface area contributed by atoms with Crippen LogP contribution in [0.4, 0.5) is 0 Å². The lowest BCUT2D eigenvalue weighted by atomic mass is 9.83. The van der Waals surface area contributed by atoms with Gasteiger partial charge in [0.05, 0.1) is 11.2 Å². The highest BCUT2D eigenvalue weighted by molar-refractivity contribution is 5.00. The molecule has 1 aliphatic heterocycles. The van der Waals surface area contributed by atoms with Gasteiger partial charge in [0.2, 0.25) is 0 Å². The first-order chi connectivity index (χ1) is 8.32. The molecule has 2 fully saturated rings. The molecule has 2 nitrogen and oxygen atoms in total. The molecule has 0 aromatic heterocycles. The molecule has 0 aromatic carbocycles. The number of rotatable bonds is 3. The van der Waals surface area contributed by atoms with Crippen molar-refractivity contribution in [3.8, 4) is 0 Å². The van der Waals surface area contributed by atoms with Gasteiger partial charge in [0.15, 0.2) is 0 Å². The second-order valence-corrected chi connectivity index (χ2v) is 7.53. The molecule has 1 saturated heterocycles. The molecule has 2 rings (SSSR count). The van der Waals surface area contributed by atoms with E-state index < -0.39 is 0 Å². The molecule has 18 heavy (non-hydrogen) atoms. The van der Waals surface area contributed by atoms with Crippen molar-refractivity contribution in [1.82, 2.24) is 5.32 Å². The Balaban J connectivity index is 1.93. The van der Waals surface area contributed by atoms with Gasteiger partial charge < -0.3 is 10.1 Å². The summed E-state index contributed by atoms with van der Waals surface area (Å²) in [7, 11) is 0. The molecular formula is C16H31NO. The highest BCUT2D eigenvalue weighted by Gasteiger charge is 2.46. The summed E-state index contributed by atoms with van der Waals surface area (Å²) in [6.45, 7) is 11.2. The molecule has 3 atom stereocenters. The molecule has 2 heteroatoms. The van der Waals surface area contributed by atoms with Crippen LogP contribution < -0.4 is 5.32 Å². The van der Waals surface area contributed by atoms with Crippen LogP contribution in [0.5, 0.6) is 0 Å². The molecule has 3 unspecified atom stereocenters. The number of hydrogen-bond donors (Lipinski definition) is 1. The van der Waals surface area contributed by atoms with Crippen molar-refractivity contribution >= 4 is 0 Å². The van der Waals surface area contributed by atoms with Crippen LogP contribution in [0.1, 0.15) is 73.1 Å². The Morgan fingerprint density at radius 2 is 1.89 bits per heavy atom. The van der Waals surface area contributed by atoms with Crippen LogP contribution in [0, 0.1) is 5.92 Å². The Morgan fingerprint density at radius 1 is 1.17 bits per heavy atom. The Kier molecular flexibility index (Phi) is 4.08.